The zero-order valence-electron chi connectivity index (χ0n) is 12.3. The molecule has 1 aromatic carbocycles. The Kier molecular flexibility index (Phi) is 4.23. The Morgan fingerprint density at radius 1 is 1.25 bits per heavy atom. The average Bonchev–Trinajstić information content (AvgIpc) is 2.79. The third-order valence-corrected chi connectivity index (χ3v) is 5.99. The Labute approximate surface area is 121 Å². The molecule has 0 heterocycles. The molecule has 0 amide bonds. The quantitative estimate of drug-likeness (QED) is 0.897. The van der Waals surface area contributed by atoms with Gasteiger partial charge in [0, 0.05) is 13.1 Å². The third-order valence-electron chi connectivity index (χ3n) is 3.71. The Morgan fingerprint density at radius 2 is 1.75 bits per heavy atom. The number of hydrogen-bond donors (Lipinski definition) is 1. The predicted molar refractivity (Wildman–Crippen MR) is 80.1 cm³/mol. The molecule has 0 aromatic heterocycles. The number of fused-ring (bicyclic) bond motifs is 1. The van der Waals surface area contributed by atoms with E-state index < -0.39 is 20.9 Å². The highest BCUT2D eigenvalue weighted by atomic mass is 32.2. The van der Waals surface area contributed by atoms with E-state index >= 15 is 0 Å². The number of hydrogen-bond acceptors (Lipinski definition) is 3. The molecule has 0 spiro atoms. The van der Waals surface area contributed by atoms with Crippen molar-refractivity contribution < 1.29 is 13.5 Å². The lowest BCUT2D eigenvalue weighted by Gasteiger charge is -2.29. The van der Waals surface area contributed by atoms with Crippen LogP contribution in [-0.4, -0.2) is 41.8 Å². The summed E-state index contributed by atoms with van der Waals surface area (Å²) in [5.74, 6) is 0. The third kappa shape index (κ3) is 3.22. The van der Waals surface area contributed by atoms with Crippen molar-refractivity contribution in [1.82, 2.24) is 4.31 Å². The second-order valence-electron chi connectivity index (χ2n) is 6.08. The average molecular weight is 297 g/mol. The molecule has 0 saturated carbocycles. The Bertz CT molecular complexity index is 550. The van der Waals surface area contributed by atoms with Crippen molar-refractivity contribution in [2.75, 3.05) is 13.1 Å². The van der Waals surface area contributed by atoms with Crippen LogP contribution < -0.4 is 0 Å². The molecule has 5 heteroatoms. The summed E-state index contributed by atoms with van der Waals surface area (Å²) in [4.78, 5) is 0. The second kappa shape index (κ2) is 5.47. The standard InChI is InChI=1S/C15H23NO3S/c1-4-16(11-15(2,3)17)20(18,19)14-9-12-7-5-6-8-13(12)10-14/h5-8,14,17H,4,9-11H2,1-3H3. The van der Waals surface area contributed by atoms with Crippen molar-refractivity contribution in [1.29, 1.82) is 0 Å². The van der Waals surface area contributed by atoms with Gasteiger partial charge in [0.1, 0.15) is 0 Å². The summed E-state index contributed by atoms with van der Waals surface area (Å²) in [6.45, 7) is 5.60. The van der Waals surface area contributed by atoms with Gasteiger partial charge in [-0.1, -0.05) is 31.2 Å². The van der Waals surface area contributed by atoms with Gasteiger partial charge in [-0.05, 0) is 37.8 Å². The zero-order chi connectivity index (χ0) is 15.0. The Balaban J connectivity index is 2.20. The first-order chi connectivity index (χ1) is 9.24. The maximum absolute atomic E-state index is 12.7. The van der Waals surface area contributed by atoms with E-state index in [0.29, 0.717) is 19.4 Å². The van der Waals surface area contributed by atoms with Crippen LogP contribution in [0.15, 0.2) is 24.3 Å². The van der Waals surface area contributed by atoms with E-state index in [4.69, 9.17) is 0 Å². The molecule has 1 N–H and O–H groups in total. The van der Waals surface area contributed by atoms with Crippen molar-refractivity contribution in [2.24, 2.45) is 0 Å². The highest BCUT2D eigenvalue weighted by Crippen LogP contribution is 2.28. The van der Waals surface area contributed by atoms with Gasteiger partial charge in [0.05, 0.1) is 10.9 Å². The summed E-state index contributed by atoms with van der Waals surface area (Å²) in [6.07, 6.45) is 1.14. The number of likely N-dealkylation sites (N-methyl/N-ethyl adjacent to an activating group) is 1. The van der Waals surface area contributed by atoms with Gasteiger partial charge in [0.2, 0.25) is 10.0 Å². The summed E-state index contributed by atoms with van der Waals surface area (Å²) in [6, 6.07) is 7.89. The van der Waals surface area contributed by atoms with Crippen molar-refractivity contribution >= 4 is 10.0 Å². The largest absolute Gasteiger partial charge is 0.389 e. The molecule has 1 aromatic rings. The van der Waals surface area contributed by atoms with Gasteiger partial charge < -0.3 is 5.11 Å². The number of sulfonamides is 1. The molecule has 0 atom stereocenters. The van der Waals surface area contributed by atoms with Gasteiger partial charge in [-0.3, -0.25) is 0 Å². The normalized spacial score (nSPS) is 16.6. The minimum atomic E-state index is -3.38. The number of aliphatic hydroxyl groups is 1. The first-order valence-electron chi connectivity index (χ1n) is 7.02. The lowest BCUT2D eigenvalue weighted by molar-refractivity contribution is 0.0599. The fraction of sp³-hybridized carbons (Fsp3) is 0.600. The molecule has 1 aliphatic carbocycles. The van der Waals surface area contributed by atoms with Gasteiger partial charge in [-0.2, -0.15) is 4.31 Å². The van der Waals surface area contributed by atoms with Crippen LogP contribution in [0.1, 0.15) is 31.9 Å². The minimum Gasteiger partial charge on any atom is -0.389 e. The minimum absolute atomic E-state index is 0.138. The lowest BCUT2D eigenvalue weighted by atomic mass is 10.1. The van der Waals surface area contributed by atoms with Crippen LogP contribution in [-0.2, 0) is 22.9 Å². The summed E-state index contributed by atoms with van der Waals surface area (Å²) in [5.41, 5.74) is 1.23. The topological polar surface area (TPSA) is 57.6 Å². The van der Waals surface area contributed by atoms with Gasteiger partial charge in [-0.15, -0.1) is 0 Å². The van der Waals surface area contributed by atoms with Crippen LogP contribution in [0.3, 0.4) is 0 Å². The molecular weight excluding hydrogens is 274 g/mol. The molecule has 2 rings (SSSR count). The second-order valence-corrected chi connectivity index (χ2v) is 8.30. The fourth-order valence-electron chi connectivity index (χ4n) is 2.75. The molecule has 0 saturated heterocycles. The van der Waals surface area contributed by atoms with E-state index in [9.17, 15) is 13.5 Å². The maximum Gasteiger partial charge on any atom is 0.217 e. The highest BCUT2D eigenvalue weighted by molar-refractivity contribution is 7.89. The Hall–Kier alpha value is -0.910. The van der Waals surface area contributed by atoms with Crippen molar-refractivity contribution in [3.8, 4) is 0 Å². The zero-order valence-corrected chi connectivity index (χ0v) is 13.2. The van der Waals surface area contributed by atoms with E-state index in [2.05, 4.69) is 0 Å². The molecule has 1 aliphatic rings. The fourth-order valence-corrected chi connectivity index (χ4v) is 4.81. The SMILES string of the molecule is CCN(CC(C)(C)O)S(=O)(=O)C1Cc2ccccc2C1. The summed E-state index contributed by atoms with van der Waals surface area (Å²) < 4.78 is 26.9. The predicted octanol–water partition coefficient (Wildman–Crippen LogP) is 1.58. The molecule has 0 unspecified atom stereocenters. The van der Waals surface area contributed by atoms with Crippen LogP contribution in [0.4, 0.5) is 0 Å². The molecule has 0 bridgehead atoms. The first-order valence-corrected chi connectivity index (χ1v) is 8.52. The van der Waals surface area contributed by atoms with Gasteiger partial charge in [-0.25, -0.2) is 8.42 Å². The van der Waals surface area contributed by atoms with E-state index in [0.717, 1.165) is 11.1 Å². The van der Waals surface area contributed by atoms with Crippen LogP contribution in [0.5, 0.6) is 0 Å². The van der Waals surface area contributed by atoms with Gasteiger partial charge in [0.15, 0.2) is 0 Å². The molecular formula is C15H23NO3S. The Morgan fingerprint density at radius 3 is 2.15 bits per heavy atom. The molecule has 20 heavy (non-hydrogen) atoms. The van der Waals surface area contributed by atoms with Gasteiger partial charge in [0.25, 0.3) is 0 Å². The molecule has 0 radical (unpaired) electrons. The van der Waals surface area contributed by atoms with Crippen LogP contribution in [0, 0.1) is 0 Å². The smallest absolute Gasteiger partial charge is 0.217 e. The molecule has 112 valence electrons. The summed E-state index contributed by atoms with van der Waals surface area (Å²) >= 11 is 0. The van der Waals surface area contributed by atoms with E-state index in [-0.39, 0.29) is 6.54 Å². The molecule has 0 aliphatic heterocycles. The summed E-state index contributed by atoms with van der Waals surface area (Å²) in [5, 5.41) is 9.49. The summed E-state index contributed by atoms with van der Waals surface area (Å²) in [7, 11) is -3.38. The van der Waals surface area contributed by atoms with Gasteiger partial charge >= 0.3 is 0 Å². The number of benzene rings is 1. The molecule has 0 fully saturated rings. The number of rotatable bonds is 5. The van der Waals surface area contributed by atoms with E-state index in [1.54, 1.807) is 13.8 Å². The van der Waals surface area contributed by atoms with Crippen LogP contribution >= 0.6 is 0 Å². The van der Waals surface area contributed by atoms with Crippen molar-refractivity contribution in [3.63, 3.8) is 0 Å². The monoisotopic (exact) mass is 297 g/mol. The van der Waals surface area contributed by atoms with Crippen molar-refractivity contribution in [2.45, 2.75) is 44.5 Å². The van der Waals surface area contributed by atoms with Crippen LogP contribution in [0.25, 0.3) is 0 Å². The number of nitrogens with zero attached hydrogens (tertiary/aromatic N) is 1. The van der Waals surface area contributed by atoms with Crippen LogP contribution in [0.2, 0.25) is 0 Å². The maximum atomic E-state index is 12.7. The van der Waals surface area contributed by atoms with Crippen molar-refractivity contribution in [3.05, 3.63) is 35.4 Å². The van der Waals surface area contributed by atoms with E-state index in [1.165, 1.54) is 4.31 Å². The highest BCUT2D eigenvalue weighted by Gasteiger charge is 2.37. The lowest BCUT2D eigenvalue weighted by Crippen LogP contribution is -2.46. The van der Waals surface area contributed by atoms with E-state index in [1.807, 2.05) is 31.2 Å². The molecule has 4 nitrogen and oxygen atoms in total. The first kappa shape index (κ1) is 15.5.